The van der Waals surface area contributed by atoms with Crippen LogP contribution in [0.4, 0.5) is 0 Å². The minimum Gasteiger partial charge on any atom is -0.308 e. The SMILES string of the molecule is CC(CN(C)C)NCc1ccc(Cl)cn1. The molecule has 1 atom stereocenters. The van der Waals surface area contributed by atoms with E-state index in [9.17, 15) is 0 Å². The zero-order valence-corrected chi connectivity index (χ0v) is 10.3. The first-order chi connectivity index (χ1) is 7.08. The quantitative estimate of drug-likeness (QED) is 0.831. The summed E-state index contributed by atoms with van der Waals surface area (Å²) in [6, 6.07) is 4.26. The Bertz CT molecular complexity index is 284. The van der Waals surface area contributed by atoms with Gasteiger partial charge in [-0.1, -0.05) is 11.6 Å². The second kappa shape index (κ2) is 6.05. The summed E-state index contributed by atoms with van der Waals surface area (Å²) >= 11 is 5.75. The van der Waals surface area contributed by atoms with E-state index in [4.69, 9.17) is 11.6 Å². The molecule has 1 heterocycles. The third-order valence-corrected chi connectivity index (χ3v) is 2.28. The van der Waals surface area contributed by atoms with E-state index in [2.05, 4.69) is 36.2 Å². The van der Waals surface area contributed by atoms with Crippen LogP contribution in [0.1, 0.15) is 12.6 Å². The molecule has 1 rings (SSSR count). The molecule has 0 aliphatic rings. The largest absolute Gasteiger partial charge is 0.308 e. The van der Waals surface area contributed by atoms with Crippen LogP contribution < -0.4 is 5.32 Å². The van der Waals surface area contributed by atoms with E-state index in [0.29, 0.717) is 11.1 Å². The third kappa shape index (κ3) is 5.11. The molecule has 0 aliphatic heterocycles. The molecule has 1 unspecified atom stereocenters. The predicted molar refractivity (Wildman–Crippen MR) is 64.1 cm³/mol. The summed E-state index contributed by atoms with van der Waals surface area (Å²) in [7, 11) is 4.14. The van der Waals surface area contributed by atoms with Crippen molar-refractivity contribution in [3.63, 3.8) is 0 Å². The maximum atomic E-state index is 5.75. The van der Waals surface area contributed by atoms with Gasteiger partial charge in [0.1, 0.15) is 0 Å². The molecule has 3 nitrogen and oxygen atoms in total. The van der Waals surface area contributed by atoms with Crippen LogP contribution in [0.3, 0.4) is 0 Å². The summed E-state index contributed by atoms with van der Waals surface area (Å²) in [5.41, 5.74) is 1.02. The van der Waals surface area contributed by atoms with Crippen molar-refractivity contribution in [1.29, 1.82) is 0 Å². The molecule has 0 saturated carbocycles. The molecular weight excluding hydrogens is 210 g/mol. The molecule has 0 radical (unpaired) electrons. The maximum Gasteiger partial charge on any atom is 0.0589 e. The van der Waals surface area contributed by atoms with Crippen LogP contribution in [0.15, 0.2) is 18.3 Å². The van der Waals surface area contributed by atoms with Gasteiger partial charge in [-0.2, -0.15) is 0 Å². The lowest BCUT2D eigenvalue weighted by atomic mass is 10.3. The van der Waals surface area contributed by atoms with Gasteiger partial charge in [-0.25, -0.2) is 0 Å². The molecule has 84 valence electrons. The van der Waals surface area contributed by atoms with E-state index in [1.54, 1.807) is 6.20 Å². The predicted octanol–water partition coefficient (Wildman–Crippen LogP) is 1.77. The fraction of sp³-hybridized carbons (Fsp3) is 0.545. The van der Waals surface area contributed by atoms with Gasteiger partial charge in [0.15, 0.2) is 0 Å². The Morgan fingerprint density at radius 3 is 2.73 bits per heavy atom. The van der Waals surface area contributed by atoms with Crippen molar-refractivity contribution in [2.24, 2.45) is 0 Å². The van der Waals surface area contributed by atoms with Gasteiger partial charge in [-0.15, -0.1) is 0 Å². The summed E-state index contributed by atoms with van der Waals surface area (Å²) in [5.74, 6) is 0. The zero-order valence-electron chi connectivity index (χ0n) is 9.50. The summed E-state index contributed by atoms with van der Waals surface area (Å²) < 4.78 is 0. The molecule has 15 heavy (non-hydrogen) atoms. The molecule has 0 spiro atoms. The highest BCUT2D eigenvalue weighted by molar-refractivity contribution is 6.30. The van der Waals surface area contributed by atoms with Gasteiger partial charge in [0, 0.05) is 25.3 Å². The Labute approximate surface area is 96.5 Å². The Balaban J connectivity index is 2.33. The van der Waals surface area contributed by atoms with Crippen molar-refractivity contribution in [1.82, 2.24) is 15.2 Å². The highest BCUT2D eigenvalue weighted by Crippen LogP contribution is 2.05. The minimum atomic E-state index is 0.456. The third-order valence-electron chi connectivity index (χ3n) is 2.06. The van der Waals surface area contributed by atoms with Gasteiger partial charge in [-0.05, 0) is 33.2 Å². The monoisotopic (exact) mass is 227 g/mol. The molecule has 1 aromatic heterocycles. The molecule has 0 fully saturated rings. The number of nitrogens with zero attached hydrogens (tertiary/aromatic N) is 2. The molecule has 0 amide bonds. The number of rotatable bonds is 5. The van der Waals surface area contributed by atoms with Crippen LogP contribution >= 0.6 is 11.6 Å². The fourth-order valence-corrected chi connectivity index (χ4v) is 1.51. The van der Waals surface area contributed by atoms with Crippen molar-refractivity contribution < 1.29 is 0 Å². The summed E-state index contributed by atoms with van der Waals surface area (Å²) in [6.45, 7) is 3.97. The normalized spacial score (nSPS) is 13.1. The molecule has 0 aliphatic carbocycles. The van der Waals surface area contributed by atoms with Crippen molar-refractivity contribution in [3.8, 4) is 0 Å². The first-order valence-electron chi connectivity index (χ1n) is 5.06. The lowest BCUT2D eigenvalue weighted by Gasteiger charge is -2.17. The Morgan fingerprint density at radius 2 is 2.20 bits per heavy atom. The van der Waals surface area contributed by atoms with Crippen LogP contribution in [-0.2, 0) is 6.54 Å². The summed E-state index contributed by atoms with van der Waals surface area (Å²) in [5, 5.41) is 4.08. The summed E-state index contributed by atoms with van der Waals surface area (Å²) in [6.07, 6.45) is 1.68. The standard InChI is InChI=1S/C11H18ClN3/c1-9(8-15(2)3)13-7-11-5-4-10(12)6-14-11/h4-6,9,13H,7-8H2,1-3H3. The highest BCUT2D eigenvalue weighted by atomic mass is 35.5. The maximum absolute atomic E-state index is 5.75. The Kier molecular flexibility index (Phi) is 5.02. The van der Waals surface area contributed by atoms with Crippen molar-refractivity contribution in [2.75, 3.05) is 20.6 Å². The van der Waals surface area contributed by atoms with E-state index in [-0.39, 0.29) is 0 Å². The number of pyridine rings is 1. The van der Waals surface area contributed by atoms with E-state index >= 15 is 0 Å². The van der Waals surface area contributed by atoms with Crippen LogP contribution in [0.2, 0.25) is 5.02 Å². The van der Waals surface area contributed by atoms with Crippen molar-refractivity contribution in [3.05, 3.63) is 29.0 Å². The number of halogens is 1. The summed E-state index contributed by atoms with van der Waals surface area (Å²) in [4.78, 5) is 6.38. The van der Waals surface area contributed by atoms with Gasteiger partial charge in [-0.3, -0.25) is 4.98 Å². The van der Waals surface area contributed by atoms with Gasteiger partial charge in [0.2, 0.25) is 0 Å². The Hall–Kier alpha value is -0.640. The van der Waals surface area contributed by atoms with Crippen LogP contribution in [0.5, 0.6) is 0 Å². The number of hydrogen-bond acceptors (Lipinski definition) is 3. The number of aromatic nitrogens is 1. The molecule has 0 aromatic carbocycles. The molecule has 4 heteroatoms. The zero-order chi connectivity index (χ0) is 11.3. The fourth-order valence-electron chi connectivity index (χ4n) is 1.40. The van der Waals surface area contributed by atoms with Crippen LogP contribution in [0, 0.1) is 0 Å². The topological polar surface area (TPSA) is 28.2 Å². The second-order valence-corrected chi connectivity index (χ2v) is 4.45. The minimum absolute atomic E-state index is 0.456. The van der Waals surface area contributed by atoms with Gasteiger partial charge in [0.05, 0.1) is 10.7 Å². The number of nitrogens with one attached hydrogen (secondary N) is 1. The van der Waals surface area contributed by atoms with Gasteiger partial charge >= 0.3 is 0 Å². The average Bonchev–Trinajstić information content (AvgIpc) is 2.16. The van der Waals surface area contributed by atoms with E-state index in [1.165, 1.54) is 0 Å². The highest BCUT2D eigenvalue weighted by Gasteiger charge is 2.02. The molecule has 1 aromatic rings. The van der Waals surface area contributed by atoms with Crippen molar-refractivity contribution in [2.45, 2.75) is 19.5 Å². The second-order valence-electron chi connectivity index (χ2n) is 4.01. The van der Waals surface area contributed by atoms with E-state index in [0.717, 1.165) is 18.8 Å². The van der Waals surface area contributed by atoms with Crippen molar-refractivity contribution >= 4 is 11.6 Å². The molecule has 1 N–H and O–H groups in total. The van der Waals surface area contributed by atoms with E-state index < -0.39 is 0 Å². The Morgan fingerprint density at radius 1 is 1.47 bits per heavy atom. The number of hydrogen-bond donors (Lipinski definition) is 1. The molecule has 0 bridgehead atoms. The van der Waals surface area contributed by atoms with Gasteiger partial charge in [0.25, 0.3) is 0 Å². The average molecular weight is 228 g/mol. The lowest BCUT2D eigenvalue weighted by Crippen LogP contribution is -2.35. The van der Waals surface area contributed by atoms with E-state index in [1.807, 2.05) is 12.1 Å². The first-order valence-corrected chi connectivity index (χ1v) is 5.44. The smallest absolute Gasteiger partial charge is 0.0589 e. The van der Waals surface area contributed by atoms with Crippen LogP contribution in [0.25, 0.3) is 0 Å². The molecular formula is C11H18ClN3. The first kappa shape index (κ1) is 12.4. The lowest BCUT2D eigenvalue weighted by molar-refractivity contribution is 0.348. The van der Waals surface area contributed by atoms with Gasteiger partial charge < -0.3 is 10.2 Å². The molecule has 0 saturated heterocycles. The number of likely N-dealkylation sites (N-methyl/N-ethyl adjacent to an activating group) is 1. The van der Waals surface area contributed by atoms with Crippen LogP contribution in [-0.4, -0.2) is 36.6 Å².